The number of hydrogen-bond acceptors (Lipinski definition) is 3. The molecule has 0 aromatic heterocycles. The number of nitrogens with zero attached hydrogens (tertiary/aromatic N) is 1. The molecule has 0 spiro atoms. The molecule has 110 valence electrons. The van der Waals surface area contributed by atoms with Gasteiger partial charge >= 0.3 is 5.97 Å². The number of hydrogen-bond donors (Lipinski definition) is 1. The lowest BCUT2D eigenvalue weighted by Gasteiger charge is -2.22. The third kappa shape index (κ3) is 3.55. The summed E-state index contributed by atoms with van der Waals surface area (Å²) in [6, 6.07) is 4.80. The second kappa shape index (κ2) is 5.88. The van der Waals surface area contributed by atoms with Crippen LogP contribution in [0.15, 0.2) is 24.3 Å². The average molecular weight is 301 g/mol. The molecule has 1 aliphatic rings. The normalized spacial score (nSPS) is 20.1. The number of carboxylic acids is 1. The van der Waals surface area contributed by atoms with Crippen LogP contribution < -0.4 is 0 Å². The monoisotopic (exact) mass is 301 g/mol. The maximum Gasteiger partial charge on any atom is 0.304 e. The van der Waals surface area contributed by atoms with Crippen molar-refractivity contribution in [3.63, 3.8) is 0 Å². The summed E-state index contributed by atoms with van der Waals surface area (Å²) in [5.41, 5.74) is 0.493. The Hall–Kier alpha value is -1.47. The molecule has 0 radical (unpaired) electrons. The maximum absolute atomic E-state index is 12.8. The fourth-order valence-corrected chi connectivity index (χ4v) is 4.28. The first-order valence-corrected chi connectivity index (χ1v) is 7.95. The van der Waals surface area contributed by atoms with Crippen LogP contribution in [0.4, 0.5) is 4.39 Å². The topological polar surface area (TPSA) is 74.7 Å². The molecule has 1 N–H and O–H groups in total. The molecule has 0 amide bonds. The standard InChI is InChI=1S/C13H16FNO4S/c14-11-5-3-10(4-6-11)9-20(18,19)15-7-1-2-12(15)8-13(16)17/h3-6,12H,1-2,7-9H2,(H,16,17). The van der Waals surface area contributed by atoms with Crippen molar-refractivity contribution in [1.29, 1.82) is 0 Å². The van der Waals surface area contributed by atoms with Gasteiger partial charge in [0, 0.05) is 12.6 Å². The Labute approximate surface area is 117 Å². The Morgan fingerprint density at radius 3 is 2.60 bits per heavy atom. The lowest BCUT2D eigenvalue weighted by molar-refractivity contribution is -0.137. The van der Waals surface area contributed by atoms with Crippen LogP contribution in [0, 0.1) is 5.82 Å². The summed E-state index contributed by atoms with van der Waals surface area (Å²) in [5, 5.41) is 8.81. The molecule has 1 saturated heterocycles. The fraction of sp³-hybridized carbons (Fsp3) is 0.462. The number of carbonyl (C=O) groups is 1. The van der Waals surface area contributed by atoms with E-state index in [1.165, 1.54) is 28.6 Å². The highest BCUT2D eigenvalue weighted by Crippen LogP contribution is 2.25. The highest BCUT2D eigenvalue weighted by Gasteiger charge is 2.35. The zero-order valence-electron chi connectivity index (χ0n) is 10.8. The largest absolute Gasteiger partial charge is 0.481 e. The lowest BCUT2D eigenvalue weighted by Crippen LogP contribution is -2.37. The van der Waals surface area contributed by atoms with Crippen LogP contribution in [-0.2, 0) is 20.6 Å². The lowest BCUT2D eigenvalue weighted by atomic mass is 10.2. The number of carboxylic acid groups (broad SMARTS) is 1. The minimum Gasteiger partial charge on any atom is -0.481 e. The van der Waals surface area contributed by atoms with Gasteiger partial charge < -0.3 is 5.11 Å². The summed E-state index contributed by atoms with van der Waals surface area (Å²) in [6.45, 7) is 0.349. The van der Waals surface area contributed by atoms with Crippen LogP contribution in [0.1, 0.15) is 24.8 Å². The maximum atomic E-state index is 12.8. The zero-order valence-corrected chi connectivity index (χ0v) is 11.6. The molecule has 1 fully saturated rings. The van der Waals surface area contributed by atoms with Crippen LogP contribution in [0.25, 0.3) is 0 Å². The van der Waals surface area contributed by atoms with Crippen LogP contribution in [-0.4, -0.2) is 36.4 Å². The first kappa shape index (κ1) is 14.9. The van der Waals surface area contributed by atoms with Gasteiger partial charge in [0.05, 0.1) is 12.2 Å². The average Bonchev–Trinajstić information content (AvgIpc) is 2.80. The number of halogens is 1. The van der Waals surface area contributed by atoms with Gasteiger partial charge in [-0.15, -0.1) is 0 Å². The summed E-state index contributed by atoms with van der Waals surface area (Å²) >= 11 is 0. The quantitative estimate of drug-likeness (QED) is 0.896. The van der Waals surface area contributed by atoms with E-state index in [1.54, 1.807) is 0 Å². The Bertz CT molecular complexity index is 585. The van der Waals surface area contributed by atoms with E-state index in [0.717, 1.165) is 0 Å². The molecule has 1 heterocycles. The van der Waals surface area contributed by atoms with Crippen molar-refractivity contribution in [2.24, 2.45) is 0 Å². The van der Waals surface area contributed by atoms with Gasteiger partial charge in [-0.2, -0.15) is 4.31 Å². The molecule has 1 unspecified atom stereocenters. The van der Waals surface area contributed by atoms with Crippen LogP contribution >= 0.6 is 0 Å². The summed E-state index contributed by atoms with van der Waals surface area (Å²) in [4.78, 5) is 10.8. The van der Waals surface area contributed by atoms with E-state index in [9.17, 15) is 17.6 Å². The van der Waals surface area contributed by atoms with E-state index in [-0.39, 0.29) is 12.2 Å². The second-order valence-corrected chi connectivity index (χ2v) is 6.81. The van der Waals surface area contributed by atoms with Gasteiger partial charge in [0.1, 0.15) is 5.82 Å². The number of rotatable bonds is 5. The third-order valence-electron chi connectivity index (χ3n) is 3.35. The van der Waals surface area contributed by atoms with Gasteiger partial charge in [0.2, 0.25) is 10.0 Å². The summed E-state index contributed by atoms with van der Waals surface area (Å²) < 4.78 is 38.7. The van der Waals surface area contributed by atoms with E-state index in [2.05, 4.69) is 0 Å². The smallest absolute Gasteiger partial charge is 0.304 e. The Kier molecular flexibility index (Phi) is 4.39. The SMILES string of the molecule is O=C(O)CC1CCCN1S(=O)(=O)Cc1ccc(F)cc1. The van der Waals surface area contributed by atoms with Crippen molar-refractivity contribution in [3.05, 3.63) is 35.6 Å². The molecule has 20 heavy (non-hydrogen) atoms. The molecule has 5 nitrogen and oxygen atoms in total. The summed E-state index contributed by atoms with van der Waals surface area (Å²) in [6.07, 6.45) is 1.05. The Morgan fingerprint density at radius 1 is 1.35 bits per heavy atom. The molecule has 0 bridgehead atoms. The van der Waals surface area contributed by atoms with Gasteiger partial charge in [-0.05, 0) is 30.5 Å². The van der Waals surface area contributed by atoms with E-state index in [1.807, 2.05) is 0 Å². The number of sulfonamides is 1. The van der Waals surface area contributed by atoms with Gasteiger partial charge in [0.25, 0.3) is 0 Å². The van der Waals surface area contributed by atoms with Crippen molar-refractivity contribution in [2.45, 2.75) is 31.1 Å². The second-order valence-electron chi connectivity index (χ2n) is 4.89. The first-order valence-electron chi connectivity index (χ1n) is 6.34. The van der Waals surface area contributed by atoms with Gasteiger partial charge in [-0.3, -0.25) is 4.79 Å². The fourth-order valence-electron chi connectivity index (χ4n) is 2.46. The highest BCUT2D eigenvalue weighted by molar-refractivity contribution is 7.88. The number of aliphatic carboxylic acids is 1. The molecule has 2 rings (SSSR count). The van der Waals surface area contributed by atoms with Gasteiger partial charge in [0.15, 0.2) is 0 Å². The van der Waals surface area contributed by atoms with Crippen LogP contribution in [0.2, 0.25) is 0 Å². The Balaban J connectivity index is 2.13. The molecule has 1 aromatic carbocycles. The minimum atomic E-state index is -3.57. The van der Waals surface area contributed by atoms with Crippen molar-refractivity contribution in [3.8, 4) is 0 Å². The minimum absolute atomic E-state index is 0.178. The molecule has 0 saturated carbocycles. The summed E-state index contributed by atoms with van der Waals surface area (Å²) in [5.74, 6) is -1.65. The molecular formula is C13H16FNO4S. The third-order valence-corrected chi connectivity index (χ3v) is 5.25. The predicted octanol–water partition coefficient (Wildman–Crippen LogP) is 1.59. The van der Waals surface area contributed by atoms with Gasteiger partial charge in [-0.25, -0.2) is 12.8 Å². The molecule has 1 aliphatic heterocycles. The Morgan fingerprint density at radius 2 is 2.00 bits per heavy atom. The molecule has 1 atom stereocenters. The molecular weight excluding hydrogens is 285 g/mol. The van der Waals surface area contributed by atoms with E-state index in [4.69, 9.17) is 5.11 Å². The highest BCUT2D eigenvalue weighted by atomic mass is 32.2. The summed E-state index contributed by atoms with van der Waals surface area (Å²) in [7, 11) is -3.57. The number of benzene rings is 1. The van der Waals surface area contributed by atoms with Crippen molar-refractivity contribution < 1.29 is 22.7 Å². The predicted molar refractivity (Wildman–Crippen MR) is 71.0 cm³/mol. The zero-order chi connectivity index (χ0) is 14.8. The van der Waals surface area contributed by atoms with E-state index >= 15 is 0 Å². The molecule has 1 aromatic rings. The van der Waals surface area contributed by atoms with Crippen LogP contribution in [0.5, 0.6) is 0 Å². The van der Waals surface area contributed by atoms with Crippen molar-refractivity contribution >= 4 is 16.0 Å². The first-order chi connectivity index (χ1) is 9.38. The van der Waals surface area contributed by atoms with Crippen molar-refractivity contribution in [2.75, 3.05) is 6.54 Å². The molecule has 7 heteroatoms. The van der Waals surface area contributed by atoms with Gasteiger partial charge in [-0.1, -0.05) is 12.1 Å². The van der Waals surface area contributed by atoms with E-state index < -0.39 is 27.9 Å². The molecule has 0 aliphatic carbocycles. The van der Waals surface area contributed by atoms with Crippen molar-refractivity contribution in [1.82, 2.24) is 4.31 Å². The van der Waals surface area contributed by atoms with Crippen LogP contribution in [0.3, 0.4) is 0 Å². The van der Waals surface area contributed by atoms with E-state index in [0.29, 0.717) is 24.9 Å².